The predicted molar refractivity (Wildman–Crippen MR) is 56.2 cm³/mol. The molecule has 0 aromatic heterocycles. The van der Waals surface area contributed by atoms with E-state index < -0.39 is 9.84 Å². The van der Waals surface area contributed by atoms with E-state index in [9.17, 15) is 8.42 Å². The molecular formula is C9H19NO3S. The van der Waals surface area contributed by atoms with Crippen molar-refractivity contribution in [3.63, 3.8) is 0 Å². The van der Waals surface area contributed by atoms with Crippen LogP contribution in [0, 0.1) is 0 Å². The lowest BCUT2D eigenvalue weighted by Crippen LogP contribution is -2.48. The van der Waals surface area contributed by atoms with E-state index in [-0.39, 0.29) is 11.3 Å². The van der Waals surface area contributed by atoms with Crippen LogP contribution in [-0.2, 0) is 14.6 Å². The van der Waals surface area contributed by atoms with Crippen molar-refractivity contribution >= 4 is 9.84 Å². The Kier molecular flexibility index (Phi) is 3.92. The maximum Gasteiger partial charge on any atom is 0.148 e. The summed E-state index contributed by atoms with van der Waals surface area (Å²) < 4.78 is 27.1. The Morgan fingerprint density at radius 1 is 1.36 bits per heavy atom. The highest BCUT2D eigenvalue weighted by molar-refractivity contribution is 7.90. The van der Waals surface area contributed by atoms with E-state index in [1.54, 1.807) is 0 Å². The highest BCUT2D eigenvalue weighted by atomic mass is 32.2. The van der Waals surface area contributed by atoms with Gasteiger partial charge in [0.15, 0.2) is 0 Å². The van der Waals surface area contributed by atoms with Gasteiger partial charge in [0, 0.05) is 31.6 Å². The fourth-order valence-electron chi connectivity index (χ4n) is 1.54. The number of sulfone groups is 1. The van der Waals surface area contributed by atoms with Crippen LogP contribution < -0.4 is 5.32 Å². The van der Waals surface area contributed by atoms with Crippen LogP contribution in [0.5, 0.6) is 0 Å². The SMILES string of the molecule is CC1(NCCS(C)(=O)=O)CCOCC1. The van der Waals surface area contributed by atoms with Crippen LogP contribution in [0.25, 0.3) is 0 Å². The zero-order valence-electron chi connectivity index (χ0n) is 8.88. The molecule has 0 bridgehead atoms. The number of hydrogen-bond donors (Lipinski definition) is 1. The molecule has 0 unspecified atom stereocenters. The standard InChI is InChI=1S/C9H19NO3S/c1-9(3-6-13-7-4-9)10-5-8-14(2,11)12/h10H,3-8H2,1-2H3. The third kappa shape index (κ3) is 4.39. The Labute approximate surface area is 85.9 Å². The molecule has 1 N–H and O–H groups in total. The maximum absolute atomic E-state index is 10.9. The first-order valence-electron chi connectivity index (χ1n) is 4.92. The first-order valence-corrected chi connectivity index (χ1v) is 6.98. The van der Waals surface area contributed by atoms with Gasteiger partial charge in [0.05, 0.1) is 5.75 Å². The summed E-state index contributed by atoms with van der Waals surface area (Å²) in [4.78, 5) is 0. The van der Waals surface area contributed by atoms with Gasteiger partial charge in [-0.15, -0.1) is 0 Å². The highest BCUT2D eigenvalue weighted by Crippen LogP contribution is 2.19. The smallest absolute Gasteiger partial charge is 0.148 e. The molecule has 0 amide bonds. The van der Waals surface area contributed by atoms with Crippen molar-refractivity contribution in [1.82, 2.24) is 5.32 Å². The van der Waals surface area contributed by atoms with Crippen LogP contribution in [0.3, 0.4) is 0 Å². The van der Waals surface area contributed by atoms with E-state index in [1.165, 1.54) is 6.26 Å². The molecule has 0 saturated carbocycles. The van der Waals surface area contributed by atoms with Crippen molar-refractivity contribution in [2.24, 2.45) is 0 Å². The number of hydrogen-bond acceptors (Lipinski definition) is 4. The van der Waals surface area contributed by atoms with Crippen LogP contribution in [0.2, 0.25) is 0 Å². The maximum atomic E-state index is 10.9. The second-order valence-corrected chi connectivity index (χ2v) is 6.49. The largest absolute Gasteiger partial charge is 0.381 e. The van der Waals surface area contributed by atoms with Crippen LogP contribution in [0.15, 0.2) is 0 Å². The van der Waals surface area contributed by atoms with Crippen molar-refractivity contribution in [2.45, 2.75) is 25.3 Å². The van der Waals surface area contributed by atoms with Gasteiger partial charge in [0.1, 0.15) is 9.84 Å². The number of rotatable bonds is 4. The summed E-state index contributed by atoms with van der Waals surface area (Å²) >= 11 is 0. The molecule has 84 valence electrons. The monoisotopic (exact) mass is 221 g/mol. The normalized spacial score (nSPS) is 22.1. The van der Waals surface area contributed by atoms with E-state index in [4.69, 9.17) is 4.74 Å². The summed E-state index contributed by atoms with van der Waals surface area (Å²) in [7, 11) is -2.85. The van der Waals surface area contributed by atoms with Gasteiger partial charge in [0.2, 0.25) is 0 Å². The van der Waals surface area contributed by atoms with E-state index >= 15 is 0 Å². The third-order valence-corrected chi connectivity index (χ3v) is 3.57. The molecule has 4 nitrogen and oxygen atoms in total. The topological polar surface area (TPSA) is 55.4 Å². The van der Waals surface area contributed by atoms with Crippen molar-refractivity contribution in [2.75, 3.05) is 31.8 Å². The molecule has 1 aliphatic rings. The van der Waals surface area contributed by atoms with E-state index in [2.05, 4.69) is 12.2 Å². The van der Waals surface area contributed by atoms with Crippen LogP contribution in [0.1, 0.15) is 19.8 Å². The number of ether oxygens (including phenoxy) is 1. The van der Waals surface area contributed by atoms with Gasteiger partial charge in [0.25, 0.3) is 0 Å². The molecule has 0 spiro atoms. The van der Waals surface area contributed by atoms with Crippen molar-refractivity contribution in [3.8, 4) is 0 Å². The average Bonchev–Trinajstić information content (AvgIpc) is 2.02. The lowest BCUT2D eigenvalue weighted by atomic mass is 9.93. The minimum Gasteiger partial charge on any atom is -0.381 e. The molecule has 1 aliphatic heterocycles. The van der Waals surface area contributed by atoms with Gasteiger partial charge in [-0.3, -0.25) is 0 Å². The lowest BCUT2D eigenvalue weighted by Gasteiger charge is -2.34. The molecular weight excluding hydrogens is 202 g/mol. The molecule has 0 aromatic carbocycles. The van der Waals surface area contributed by atoms with Gasteiger partial charge >= 0.3 is 0 Å². The fraction of sp³-hybridized carbons (Fsp3) is 1.00. The Bertz CT molecular complexity index is 268. The molecule has 1 fully saturated rings. The van der Waals surface area contributed by atoms with Crippen LogP contribution >= 0.6 is 0 Å². The summed E-state index contributed by atoms with van der Waals surface area (Å²) in [6.45, 7) is 4.19. The summed E-state index contributed by atoms with van der Waals surface area (Å²) in [5.41, 5.74) is 0.0585. The van der Waals surface area contributed by atoms with Crippen molar-refractivity contribution < 1.29 is 13.2 Å². The van der Waals surface area contributed by atoms with Crippen LogP contribution in [0.4, 0.5) is 0 Å². The van der Waals surface area contributed by atoms with E-state index in [1.807, 2.05) is 0 Å². The zero-order chi connectivity index (χ0) is 10.7. The Balaban J connectivity index is 2.29. The van der Waals surface area contributed by atoms with Crippen molar-refractivity contribution in [1.29, 1.82) is 0 Å². The first-order chi connectivity index (χ1) is 6.41. The van der Waals surface area contributed by atoms with Gasteiger partial charge in [-0.25, -0.2) is 8.42 Å². The van der Waals surface area contributed by atoms with Gasteiger partial charge in [-0.1, -0.05) is 0 Å². The summed E-state index contributed by atoms with van der Waals surface area (Å²) in [5, 5.41) is 3.30. The summed E-state index contributed by atoms with van der Waals surface area (Å²) in [5.74, 6) is 0.212. The molecule has 0 atom stereocenters. The van der Waals surface area contributed by atoms with Gasteiger partial charge < -0.3 is 10.1 Å². The molecule has 1 rings (SSSR count). The average molecular weight is 221 g/mol. The quantitative estimate of drug-likeness (QED) is 0.736. The highest BCUT2D eigenvalue weighted by Gasteiger charge is 2.26. The predicted octanol–water partition coefficient (Wildman–Crippen LogP) is 0.190. The second-order valence-electron chi connectivity index (χ2n) is 4.23. The fourth-order valence-corrected chi connectivity index (χ4v) is 2.01. The third-order valence-electron chi connectivity index (χ3n) is 2.62. The Morgan fingerprint density at radius 3 is 2.43 bits per heavy atom. The minimum absolute atomic E-state index is 0.0585. The molecule has 1 saturated heterocycles. The van der Waals surface area contributed by atoms with Crippen LogP contribution in [-0.4, -0.2) is 45.7 Å². The number of nitrogens with one attached hydrogen (secondary N) is 1. The molecule has 1 heterocycles. The van der Waals surface area contributed by atoms with Gasteiger partial charge in [-0.2, -0.15) is 0 Å². The van der Waals surface area contributed by atoms with E-state index in [0.717, 1.165) is 26.1 Å². The zero-order valence-corrected chi connectivity index (χ0v) is 9.69. The lowest BCUT2D eigenvalue weighted by molar-refractivity contribution is 0.0461. The molecule has 0 aliphatic carbocycles. The molecule has 0 radical (unpaired) electrons. The second kappa shape index (κ2) is 4.59. The minimum atomic E-state index is -2.85. The summed E-state index contributed by atoms with van der Waals surface area (Å²) in [6, 6.07) is 0. The molecule has 14 heavy (non-hydrogen) atoms. The first kappa shape index (κ1) is 11.9. The molecule has 0 aromatic rings. The van der Waals surface area contributed by atoms with Gasteiger partial charge in [-0.05, 0) is 19.8 Å². The molecule has 5 heteroatoms. The Morgan fingerprint density at radius 2 is 1.93 bits per heavy atom. The Hall–Kier alpha value is -0.130. The van der Waals surface area contributed by atoms with E-state index in [0.29, 0.717) is 6.54 Å². The van der Waals surface area contributed by atoms with Crippen molar-refractivity contribution in [3.05, 3.63) is 0 Å². The summed E-state index contributed by atoms with van der Waals surface area (Å²) in [6.07, 6.45) is 3.18.